The highest BCUT2D eigenvalue weighted by atomic mass is 16.2. The van der Waals surface area contributed by atoms with Gasteiger partial charge in [-0.1, -0.05) is 32.0 Å². The molecule has 32 heavy (non-hydrogen) atoms. The van der Waals surface area contributed by atoms with Gasteiger partial charge in [0.15, 0.2) is 0 Å². The molecule has 0 aliphatic carbocycles. The minimum Gasteiger partial charge on any atom is -0.368 e. The van der Waals surface area contributed by atoms with E-state index in [4.69, 9.17) is 5.73 Å². The molecule has 4 rings (SSSR count). The lowest BCUT2D eigenvalue weighted by molar-refractivity contribution is -0.137. The molecule has 0 radical (unpaired) electrons. The maximum atomic E-state index is 13.4. The average molecular weight is 440 g/mol. The Kier molecular flexibility index (Phi) is 5.99. The summed E-state index contributed by atoms with van der Waals surface area (Å²) in [5, 5.41) is 1.24. The second-order valence-corrected chi connectivity index (χ2v) is 9.56. The van der Waals surface area contributed by atoms with Gasteiger partial charge < -0.3 is 15.2 Å². The first-order valence-electron chi connectivity index (χ1n) is 11.4. The van der Waals surface area contributed by atoms with Crippen LogP contribution < -0.4 is 5.73 Å². The lowest BCUT2D eigenvalue weighted by Crippen LogP contribution is -2.56. The van der Waals surface area contributed by atoms with Gasteiger partial charge in [0.2, 0.25) is 5.91 Å². The molecule has 2 N–H and O–H groups in total. The van der Waals surface area contributed by atoms with Gasteiger partial charge in [-0.25, -0.2) is 4.79 Å². The third-order valence-corrected chi connectivity index (χ3v) is 6.92. The molecule has 0 bridgehead atoms. The van der Waals surface area contributed by atoms with Crippen LogP contribution in [0.15, 0.2) is 30.5 Å². The fraction of sp³-hybridized carbons (Fsp3) is 0.542. The first-order chi connectivity index (χ1) is 15.2. The summed E-state index contributed by atoms with van der Waals surface area (Å²) in [6, 6.07) is 7.98. The smallest absolute Gasteiger partial charge is 0.328 e. The predicted molar refractivity (Wildman–Crippen MR) is 123 cm³/mol. The van der Waals surface area contributed by atoms with E-state index < -0.39 is 11.4 Å². The van der Waals surface area contributed by atoms with E-state index in [1.165, 1.54) is 16.5 Å². The van der Waals surface area contributed by atoms with Gasteiger partial charge in [-0.05, 0) is 36.8 Å². The number of primary amides is 1. The standard InChI is InChI=1S/C24H33N5O3/c1-17(2)8-11-29-23(32)28(16-21(25)30)22(31)24(29)9-12-27(13-10-24)15-18-14-26(3)20-7-5-4-6-19(18)20/h4-7,14,17H,8-13,15-16H2,1-3H3,(H2,25,30). The average Bonchev–Trinajstić information content (AvgIpc) is 3.16. The Labute approximate surface area is 188 Å². The van der Waals surface area contributed by atoms with Gasteiger partial charge in [0.05, 0.1) is 0 Å². The van der Waals surface area contributed by atoms with Crippen LogP contribution >= 0.6 is 0 Å². The highest BCUT2D eigenvalue weighted by Gasteiger charge is 2.57. The van der Waals surface area contributed by atoms with Crippen molar-refractivity contribution in [1.29, 1.82) is 0 Å². The molecular weight excluding hydrogens is 406 g/mol. The molecule has 0 unspecified atom stereocenters. The summed E-state index contributed by atoms with van der Waals surface area (Å²) >= 11 is 0. The summed E-state index contributed by atoms with van der Waals surface area (Å²) in [6.07, 6.45) is 4.11. The number of likely N-dealkylation sites (tertiary alicyclic amines) is 1. The summed E-state index contributed by atoms with van der Waals surface area (Å²) in [5.41, 5.74) is 6.93. The number of hydrogen-bond acceptors (Lipinski definition) is 4. The van der Waals surface area contributed by atoms with Crippen molar-refractivity contribution in [1.82, 2.24) is 19.3 Å². The monoisotopic (exact) mass is 439 g/mol. The molecule has 2 aliphatic heterocycles. The number of benzene rings is 1. The zero-order valence-corrected chi connectivity index (χ0v) is 19.2. The summed E-state index contributed by atoms with van der Waals surface area (Å²) in [7, 11) is 2.06. The van der Waals surface area contributed by atoms with Crippen molar-refractivity contribution in [3.63, 3.8) is 0 Å². The van der Waals surface area contributed by atoms with E-state index in [0.717, 1.165) is 17.9 Å². The van der Waals surface area contributed by atoms with Gasteiger partial charge in [0.25, 0.3) is 5.91 Å². The van der Waals surface area contributed by atoms with Crippen LogP contribution in [0, 0.1) is 5.92 Å². The van der Waals surface area contributed by atoms with Gasteiger partial charge in [0.1, 0.15) is 12.1 Å². The highest BCUT2D eigenvalue weighted by molar-refractivity contribution is 6.09. The molecule has 4 amide bonds. The Morgan fingerprint density at radius 3 is 2.50 bits per heavy atom. The molecule has 2 aromatic rings. The molecule has 2 fully saturated rings. The van der Waals surface area contributed by atoms with E-state index in [1.54, 1.807) is 4.90 Å². The van der Waals surface area contributed by atoms with Crippen LogP contribution in [-0.4, -0.2) is 68.8 Å². The fourth-order valence-electron chi connectivity index (χ4n) is 5.13. The summed E-state index contributed by atoms with van der Waals surface area (Å²) in [6.45, 7) is 6.59. The topological polar surface area (TPSA) is 91.9 Å². The normalized spacial score (nSPS) is 19.1. The van der Waals surface area contributed by atoms with Crippen molar-refractivity contribution in [3.05, 3.63) is 36.0 Å². The maximum Gasteiger partial charge on any atom is 0.328 e. The molecule has 8 heteroatoms. The number of aryl methyl sites for hydroxylation is 1. The minimum absolute atomic E-state index is 0.269. The van der Waals surface area contributed by atoms with Crippen molar-refractivity contribution < 1.29 is 14.4 Å². The van der Waals surface area contributed by atoms with Crippen LogP contribution in [0.5, 0.6) is 0 Å². The Morgan fingerprint density at radius 1 is 1.16 bits per heavy atom. The van der Waals surface area contributed by atoms with Gasteiger partial charge >= 0.3 is 6.03 Å². The zero-order chi connectivity index (χ0) is 23.0. The number of aromatic nitrogens is 1. The number of hydrogen-bond donors (Lipinski definition) is 1. The molecule has 1 aromatic heterocycles. The zero-order valence-electron chi connectivity index (χ0n) is 19.2. The Balaban J connectivity index is 1.52. The number of nitrogens with zero attached hydrogens (tertiary/aromatic N) is 4. The molecule has 0 atom stereocenters. The van der Waals surface area contributed by atoms with Gasteiger partial charge in [-0.2, -0.15) is 0 Å². The third-order valence-electron chi connectivity index (χ3n) is 6.92. The van der Waals surface area contributed by atoms with E-state index in [1.807, 2.05) is 6.07 Å². The highest BCUT2D eigenvalue weighted by Crippen LogP contribution is 2.38. The second-order valence-electron chi connectivity index (χ2n) is 9.56. The first-order valence-corrected chi connectivity index (χ1v) is 11.4. The lowest BCUT2D eigenvalue weighted by Gasteiger charge is -2.42. The predicted octanol–water partition coefficient (Wildman–Crippen LogP) is 2.31. The van der Waals surface area contributed by atoms with Crippen LogP contribution in [0.2, 0.25) is 0 Å². The van der Waals surface area contributed by atoms with Crippen molar-refractivity contribution >= 4 is 28.7 Å². The van der Waals surface area contributed by atoms with E-state index in [9.17, 15) is 14.4 Å². The van der Waals surface area contributed by atoms with Crippen molar-refractivity contribution in [2.24, 2.45) is 18.7 Å². The number of nitrogens with two attached hydrogens (primary N) is 1. The summed E-state index contributed by atoms with van der Waals surface area (Å²) < 4.78 is 2.14. The van der Waals surface area contributed by atoms with Crippen LogP contribution in [-0.2, 0) is 23.2 Å². The van der Waals surface area contributed by atoms with Crippen LogP contribution in [0.3, 0.4) is 0 Å². The second kappa shape index (κ2) is 8.58. The molecule has 8 nitrogen and oxygen atoms in total. The van der Waals surface area contributed by atoms with Crippen molar-refractivity contribution in [3.8, 4) is 0 Å². The van der Waals surface area contributed by atoms with Crippen molar-refractivity contribution in [2.75, 3.05) is 26.2 Å². The van der Waals surface area contributed by atoms with E-state index in [0.29, 0.717) is 38.4 Å². The fourth-order valence-corrected chi connectivity index (χ4v) is 5.13. The van der Waals surface area contributed by atoms with Crippen LogP contribution in [0.4, 0.5) is 4.79 Å². The van der Waals surface area contributed by atoms with Crippen LogP contribution in [0.25, 0.3) is 10.9 Å². The molecule has 0 saturated carbocycles. The number of urea groups is 1. The number of carbonyl (C=O) groups excluding carboxylic acids is 3. The van der Waals surface area contributed by atoms with E-state index in [2.05, 4.69) is 54.8 Å². The quantitative estimate of drug-likeness (QED) is 0.670. The van der Waals surface area contributed by atoms with Gasteiger partial charge in [0, 0.05) is 50.3 Å². The number of para-hydroxylation sites is 1. The largest absolute Gasteiger partial charge is 0.368 e. The molecule has 2 saturated heterocycles. The number of fused-ring (bicyclic) bond motifs is 1. The molecule has 1 aromatic carbocycles. The molecule has 172 valence electrons. The van der Waals surface area contributed by atoms with E-state index in [-0.39, 0.29) is 18.5 Å². The maximum absolute atomic E-state index is 13.4. The molecule has 3 heterocycles. The SMILES string of the molecule is CC(C)CCN1C(=O)N(CC(N)=O)C(=O)C12CCN(Cc1cn(C)c3ccccc13)CC2. The number of rotatable bonds is 7. The third kappa shape index (κ3) is 3.88. The number of piperidine rings is 1. The summed E-state index contributed by atoms with van der Waals surface area (Å²) in [5.74, 6) is -0.526. The molecule has 1 spiro atoms. The van der Waals surface area contributed by atoms with Gasteiger partial charge in [-0.3, -0.25) is 19.4 Å². The molecular formula is C24H33N5O3. The lowest BCUT2D eigenvalue weighted by atomic mass is 9.85. The van der Waals surface area contributed by atoms with Crippen molar-refractivity contribution in [2.45, 2.75) is 45.2 Å². The molecule has 2 aliphatic rings. The van der Waals surface area contributed by atoms with Gasteiger partial charge in [-0.15, -0.1) is 0 Å². The first kappa shape index (κ1) is 22.3. The number of amides is 4. The Morgan fingerprint density at radius 2 is 1.84 bits per heavy atom. The van der Waals surface area contributed by atoms with E-state index >= 15 is 0 Å². The Bertz CT molecular complexity index is 1040. The minimum atomic E-state index is -0.864. The van der Waals surface area contributed by atoms with Crippen LogP contribution in [0.1, 0.15) is 38.7 Å². The number of imide groups is 1. The Hall–Kier alpha value is -2.87. The number of carbonyl (C=O) groups is 3. The summed E-state index contributed by atoms with van der Waals surface area (Å²) in [4.78, 5) is 43.1.